The first-order chi connectivity index (χ1) is 12.5. The first-order valence-electron chi connectivity index (χ1n) is 8.89. The summed E-state index contributed by atoms with van der Waals surface area (Å²) in [7, 11) is 0. The van der Waals surface area contributed by atoms with Gasteiger partial charge in [-0.1, -0.05) is 18.2 Å². The lowest BCUT2D eigenvalue weighted by atomic mass is 9.89. The summed E-state index contributed by atoms with van der Waals surface area (Å²) < 4.78 is 0. The number of rotatable bonds is 2. The van der Waals surface area contributed by atoms with E-state index in [9.17, 15) is 9.59 Å². The SMILES string of the molecule is Cc1nc(N2CCN(C(=O)C3CC(=O)Nc4ccccc43)CC2)sc1C. The highest BCUT2D eigenvalue weighted by atomic mass is 32.1. The number of benzene rings is 1. The van der Waals surface area contributed by atoms with Crippen LogP contribution in [-0.2, 0) is 9.59 Å². The molecule has 1 aromatic heterocycles. The number of carbonyl (C=O) groups is 2. The molecule has 2 amide bonds. The predicted octanol–water partition coefficient (Wildman–Crippen LogP) is 2.53. The molecule has 0 saturated carbocycles. The lowest BCUT2D eigenvalue weighted by molar-refractivity contribution is -0.135. The standard InChI is InChI=1S/C19H22N4O2S/c1-12-13(2)26-19(20-12)23-9-7-22(8-10-23)18(25)15-11-17(24)21-16-6-4-3-5-14(15)16/h3-6,15H,7-11H2,1-2H3,(H,21,24). The number of amides is 2. The van der Waals surface area contributed by atoms with Crippen LogP contribution in [0.1, 0.15) is 28.5 Å². The molecule has 26 heavy (non-hydrogen) atoms. The molecule has 1 atom stereocenters. The zero-order chi connectivity index (χ0) is 18.3. The van der Waals surface area contributed by atoms with Crippen molar-refractivity contribution in [3.05, 3.63) is 40.4 Å². The minimum Gasteiger partial charge on any atom is -0.345 e. The van der Waals surface area contributed by atoms with Crippen LogP contribution < -0.4 is 10.2 Å². The number of piperazine rings is 1. The van der Waals surface area contributed by atoms with Crippen molar-refractivity contribution in [2.75, 3.05) is 36.4 Å². The average Bonchev–Trinajstić information content (AvgIpc) is 2.99. The maximum Gasteiger partial charge on any atom is 0.230 e. The molecule has 3 heterocycles. The van der Waals surface area contributed by atoms with Crippen molar-refractivity contribution >= 4 is 34.0 Å². The van der Waals surface area contributed by atoms with Gasteiger partial charge in [0.25, 0.3) is 0 Å². The lowest BCUT2D eigenvalue weighted by Gasteiger charge is -2.37. The molecule has 1 fully saturated rings. The van der Waals surface area contributed by atoms with Gasteiger partial charge in [0.2, 0.25) is 11.8 Å². The van der Waals surface area contributed by atoms with E-state index in [1.807, 2.05) is 36.1 Å². The Morgan fingerprint density at radius 3 is 2.62 bits per heavy atom. The van der Waals surface area contributed by atoms with E-state index in [0.29, 0.717) is 13.1 Å². The Labute approximate surface area is 156 Å². The number of nitrogens with zero attached hydrogens (tertiary/aromatic N) is 3. The number of fused-ring (bicyclic) bond motifs is 1. The number of aromatic nitrogens is 1. The minimum absolute atomic E-state index is 0.0541. The molecule has 1 aromatic carbocycles. The van der Waals surface area contributed by atoms with Gasteiger partial charge in [-0.25, -0.2) is 4.98 Å². The van der Waals surface area contributed by atoms with Crippen LogP contribution in [0.25, 0.3) is 0 Å². The van der Waals surface area contributed by atoms with E-state index in [1.165, 1.54) is 4.88 Å². The van der Waals surface area contributed by atoms with Crippen molar-refractivity contribution in [2.45, 2.75) is 26.2 Å². The Morgan fingerprint density at radius 2 is 1.92 bits per heavy atom. The van der Waals surface area contributed by atoms with Crippen molar-refractivity contribution in [1.29, 1.82) is 0 Å². The molecule has 7 heteroatoms. The number of hydrogen-bond acceptors (Lipinski definition) is 5. The van der Waals surface area contributed by atoms with E-state index in [0.717, 1.165) is 35.2 Å². The van der Waals surface area contributed by atoms with Crippen LogP contribution >= 0.6 is 11.3 Å². The van der Waals surface area contributed by atoms with E-state index in [1.54, 1.807) is 11.3 Å². The number of para-hydroxylation sites is 1. The number of hydrogen-bond donors (Lipinski definition) is 1. The summed E-state index contributed by atoms with van der Waals surface area (Å²) in [4.78, 5) is 35.1. The van der Waals surface area contributed by atoms with E-state index in [2.05, 4.69) is 22.1 Å². The molecule has 4 rings (SSSR count). The van der Waals surface area contributed by atoms with E-state index in [4.69, 9.17) is 0 Å². The normalized spacial score (nSPS) is 19.9. The third-order valence-electron chi connectivity index (χ3n) is 5.18. The molecule has 0 aliphatic carbocycles. The number of carbonyl (C=O) groups excluding carboxylic acids is 2. The van der Waals surface area contributed by atoms with Crippen molar-refractivity contribution < 1.29 is 9.59 Å². The van der Waals surface area contributed by atoms with Crippen molar-refractivity contribution in [3.63, 3.8) is 0 Å². The zero-order valence-electron chi connectivity index (χ0n) is 15.0. The molecule has 0 bridgehead atoms. The summed E-state index contributed by atoms with van der Waals surface area (Å²) >= 11 is 1.71. The summed E-state index contributed by atoms with van der Waals surface area (Å²) in [6.45, 7) is 6.99. The first-order valence-corrected chi connectivity index (χ1v) is 9.71. The van der Waals surface area contributed by atoms with Crippen molar-refractivity contribution in [1.82, 2.24) is 9.88 Å². The molecule has 2 aromatic rings. The largest absolute Gasteiger partial charge is 0.345 e. The highest BCUT2D eigenvalue weighted by Crippen LogP contribution is 2.34. The second kappa shape index (κ2) is 6.72. The van der Waals surface area contributed by atoms with Gasteiger partial charge >= 0.3 is 0 Å². The van der Waals surface area contributed by atoms with Gasteiger partial charge in [0.15, 0.2) is 5.13 Å². The van der Waals surface area contributed by atoms with E-state index < -0.39 is 0 Å². The van der Waals surface area contributed by atoms with E-state index >= 15 is 0 Å². The lowest BCUT2D eigenvalue weighted by Crippen LogP contribution is -2.50. The maximum atomic E-state index is 13.1. The van der Waals surface area contributed by atoms with Crippen molar-refractivity contribution in [2.24, 2.45) is 0 Å². The fourth-order valence-corrected chi connectivity index (χ4v) is 4.52. The monoisotopic (exact) mass is 370 g/mol. The molecule has 6 nitrogen and oxygen atoms in total. The van der Waals surface area contributed by atoms with Crippen LogP contribution in [0.3, 0.4) is 0 Å². The average molecular weight is 370 g/mol. The molecular formula is C19H22N4O2S. The van der Waals surface area contributed by atoms with Crippen LogP contribution in [-0.4, -0.2) is 47.9 Å². The Bertz CT molecular complexity index is 835. The summed E-state index contributed by atoms with van der Waals surface area (Å²) in [5.41, 5.74) is 2.76. The second-order valence-electron chi connectivity index (χ2n) is 6.84. The summed E-state index contributed by atoms with van der Waals surface area (Å²) in [6, 6.07) is 7.59. The van der Waals surface area contributed by atoms with Gasteiger partial charge in [-0.2, -0.15) is 0 Å². The summed E-state index contributed by atoms with van der Waals surface area (Å²) in [5, 5.41) is 3.90. The third-order valence-corrected chi connectivity index (χ3v) is 6.31. The number of anilines is 2. The molecule has 136 valence electrons. The van der Waals surface area contributed by atoms with Crippen LogP contribution in [0.5, 0.6) is 0 Å². The molecular weight excluding hydrogens is 348 g/mol. The van der Waals surface area contributed by atoms with Crippen LogP contribution in [0.2, 0.25) is 0 Å². The molecule has 1 saturated heterocycles. The number of thiazole rings is 1. The highest BCUT2D eigenvalue weighted by molar-refractivity contribution is 7.15. The maximum absolute atomic E-state index is 13.1. The molecule has 1 N–H and O–H groups in total. The van der Waals surface area contributed by atoms with Gasteiger partial charge in [-0.15, -0.1) is 11.3 Å². The van der Waals surface area contributed by atoms with Gasteiger partial charge in [0, 0.05) is 43.2 Å². The Balaban J connectivity index is 1.46. The second-order valence-corrected chi connectivity index (χ2v) is 8.02. The van der Waals surface area contributed by atoms with E-state index in [-0.39, 0.29) is 24.2 Å². The smallest absolute Gasteiger partial charge is 0.230 e. The van der Waals surface area contributed by atoms with Gasteiger partial charge in [0.1, 0.15) is 0 Å². The number of nitrogens with one attached hydrogen (secondary N) is 1. The van der Waals surface area contributed by atoms with Crippen LogP contribution in [0.15, 0.2) is 24.3 Å². The fourth-order valence-electron chi connectivity index (χ4n) is 3.56. The third kappa shape index (κ3) is 3.07. The Morgan fingerprint density at radius 1 is 1.19 bits per heavy atom. The summed E-state index contributed by atoms with van der Waals surface area (Å²) in [5.74, 6) is -0.413. The Kier molecular flexibility index (Phi) is 4.40. The minimum atomic E-state index is -0.379. The Hall–Kier alpha value is -2.41. The van der Waals surface area contributed by atoms with Gasteiger partial charge < -0.3 is 15.1 Å². The van der Waals surface area contributed by atoms with Crippen LogP contribution in [0, 0.1) is 13.8 Å². The first kappa shape index (κ1) is 17.0. The van der Waals surface area contributed by atoms with Crippen LogP contribution in [0.4, 0.5) is 10.8 Å². The molecule has 1 unspecified atom stereocenters. The predicted molar refractivity (Wildman–Crippen MR) is 103 cm³/mol. The highest BCUT2D eigenvalue weighted by Gasteiger charge is 2.34. The van der Waals surface area contributed by atoms with Gasteiger partial charge in [-0.3, -0.25) is 9.59 Å². The molecule has 2 aliphatic rings. The van der Waals surface area contributed by atoms with Gasteiger partial charge in [-0.05, 0) is 25.5 Å². The van der Waals surface area contributed by atoms with Crippen molar-refractivity contribution in [3.8, 4) is 0 Å². The number of aryl methyl sites for hydroxylation is 2. The quantitative estimate of drug-likeness (QED) is 0.882. The fraction of sp³-hybridized carbons (Fsp3) is 0.421. The molecule has 2 aliphatic heterocycles. The zero-order valence-corrected chi connectivity index (χ0v) is 15.8. The molecule has 0 spiro atoms. The topological polar surface area (TPSA) is 65.5 Å². The molecule has 0 radical (unpaired) electrons. The summed E-state index contributed by atoms with van der Waals surface area (Å²) in [6.07, 6.45) is 0.223. The van der Waals surface area contributed by atoms with Gasteiger partial charge in [0.05, 0.1) is 11.6 Å².